The summed E-state index contributed by atoms with van der Waals surface area (Å²) in [7, 11) is 0. The van der Waals surface area contributed by atoms with Crippen molar-refractivity contribution in [2.24, 2.45) is 0 Å². The van der Waals surface area contributed by atoms with Crippen LogP contribution in [0.3, 0.4) is 0 Å². The van der Waals surface area contributed by atoms with E-state index in [1.165, 1.54) is 5.56 Å². The zero-order chi connectivity index (χ0) is 13.0. The highest BCUT2D eigenvalue weighted by molar-refractivity contribution is 5.78. The molecule has 0 radical (unpaired) electrons. The van der Waals surface area contributed by atoms with Gasteiger partial charge >= 0.3 is 0 Å². The van der Waals surface area contributed by atoms with Crippen molar-refractivity contribution < 1.29 is 14.6 Å². The monoisotopic (exact) mass is 249 g/mol. The first-order valence-corrected chi connectivity index (χ1v) is 6.36. The van der Waals surface area contributed by atoms with Crippen molar-refractivity contribution in [1.29, 1.82) is 0 Å². The summed E-state index contributed by atoms with van der Waals surface area (Å²) in [5, 5.41) is 9.37. The molecule has 1 fully saturated rings. The zero-order valence-electron chi connectivity index (χ0n) is 10.6. The quantitative estimate of drug-likeness (QED) is 0.873. The average Bonchev–Trinajstić information content (AvgIpc) is 2.83. The highest BCUT2D eigenvalue weighted by Gasteiger charge is 2.24. The normalized spacial score (nSPS) is 19.0. The van der Waals surface area contributed by atoms with Crippen LogP contribution in [-0.2, 0) is 11.2 Å². The van der Waals surface area contributed by atoms with Gasteiger partial charge in [0.05, 0.1) is 6.10 Å². The third-order valence-electron chi connectivity index (χ3n) is 3.19. The molecule has 0 spiro atoms. The number of benzene rings is 1. The molecule has 1 heterocycles. The van der Waals surface area contributed by atoms with Crippen LogP contribution in [0.5, 0.6) is 5.75 Å². The van der Waals surface area contributed by atoms with Gasteiger partial charge in [0.15, 0.2) is 6.61 Å². The second-order valence-electron chi connectivity index (χ2n) is 4.57. The fraction of sp³-hybridized carbons (Fsp3) is 0.500. The number of nitrogens with zero attached hydrogens (tertiary/aromatic N) is 1. The molecule has 4 heteroatoms. The number of hydrogen-bond donors (Lipinski definition) is 1. The molecule has 1 amide bonds. The van der Waals surface area contributed by atoms with Gasteiger partial charge in [0, 0.05) is 13.1 Å². The van der Waals surface area contributed by atoms with Gasteiger partial charge in [0.1, 0.15) is 5.75 Å². The molecule has 1 atom stereocenters. The molecule has 1 N–H and O–H groups in total. The highest BCUT2D eigenvalue weighted by atomic mass is 16.5. The lowest BCUT2D eigenvalue weighted by atomic mass is 10.2. The number of aliphatic hydroxyl groups excluding tert-OH is 1. The number of aliphatic hydroxyl groups is 1. The lowest BCUT2D eigenvalue weighted by Crippen LogP contribution is -2.33. The number of rotatable bonds is 4. The molecule has 2 rings (SSSR count). The van der Waals surface area contributed by atoms with Crippen molar-refractivity contribution >= 4 is 5.91 Å². The van der Waals surface area contributed by atoms with E-state index in [0.717, 1.165) is 12.2 Å². The SMILES string of the molecule is CCc1cccc(OCC(=O)N2CC[C@H](O)C2)c1. The lowest BCUT2D eigenvalue weighted by molar-refractivity contribution is -0.132. The average molecular weight is 249 g/mol. The smallest absolute Gasteiger partial charge is 0.260 e. The first-order chi connectivity index (χ1) is 8.69. The summed E-state index contributed by atoms with van der Waals surface area (Å²) in [6.45, 7) is 3.17. The first kappa shape index (κ1) is 12.9. The fourth-order valence-electron chi connectivity index (χ4n) is 2.06. The van der Waals surface area contributed by atoms with E-state index in [0.29, 0.717) is 19.5 Å². The van der Waals surface area contributed by atoms with Crippen molar-refractivity contribution in [2.75, 3.05) is 19.7 Å². The zero-order valence-corrected chi connectivity index (χ0v) is 10.6. The standard InChI is InChI=1S/C14H19NO3/c1-2-11-4-3-5-13(8-11)18-10-14(17)15-7-6-12(16)9-15/h3-5,8,12,16H,2,6-7,9-10H2,1H3/t12-/m0/s1. The van der Waals surface area contributed by atoms with E-state index in [4.69, 9.17) is 4.74 Å². The third kappa shape index (κ3) is 3.23. The molecule has 1 aromatic carbocycles. The number of ether oxygens (including phenoxy) is 1. The van der Waals surface area contributed by atoms with E-state index in [9.17, 15) is 9.90 Å². The number of carbonyl (C=O) groups is 1. The second kappa shape index (κ2) is 5.87. The fourth-order valence-corrected chi connectivity index (χ4v) is 2.06. The number of aryl methyl sites for hydroxylation is 1. The highest BCUT2D eigenvalue weighted by Crippen LogP contribution is 2.14. The van der Waals surface area contributed by atoms with Gasteiger partial charge in [0.25, 0.3) is 5.91 Å². The maximum Gasteiger partial charge on any atom is 0.260 e. The number of hydrogen-bond acceptors (Lipinski definition) is 3. The van der Waals surface area contributed by atoms with Gasteiger partial charge in [-0.05, 0) is 30.5 Å². The van der Waals surface area contributed by atoms with Crippen LogP contribution < -0.4 is 4.74 Å². The summed E-state index contributed by atoms with van der Waals surface area (Å²) >= 11 is 0. The molecule has 98 valence electrons. The summed E-state index contributed by atoms with van der Waals surface area (Å²) < 4.78 is 5.49. The molecule has 0 aromatic heterocycles. The summed E-state index contributed by atoms with van der Waals surface area (Å²) in [5.74, 6) is 0.663. The maximum atomic E-state index is 11.8. The largest absolute Gasteiger partial charge is 0.484 e. The van der Waals surface area contributed by atoms with Crippen molar-refractivity contribution in [3.05, 3.63) is 29.8 Å². The molecule has 0 unspecified atom stereocenters. The van der Waals surface area contributed by atoms with Crippen LogP contribution in [0.2, 0.25) is 0 Å². The Balaban J connectivity index is 1.85. The molecule has 1 aromatic rings. The Labute approximate surface area is 107 Å². The Morgan fingerprint density at radius 3 is 3.06 bits per heavy atom. The van der Waals surface area contributed by atoms with Crippen LogP contribution in [0.15, 0.2) is 24.3 Å². The van der Waals surface area contributed by atoms with Crippen LogP contribution in [0.1, 0.15) is 18.9 Å². The number of amides is 1. The van der Waals surface area contributed by atoms with Gasteiger partial charge in [-0.2, -0.15) is 0 Å². The maximum absolute atomic E-state index is 11.8. The van der Waals surface area contributed by atoms with Crippen molar-refractivity contribution in [3.63, 3.8) is 0 Å². The van der Waals surface area contributed by atoms with Crippen LogP contribution in [0.4, 0.5) is 0 Å². The van der Waals surface area contributed by atoms with E-state index in [1.54, 1.807) is 4.90 Å². The minimum Gasteiger partial charge on any atom is -0.484 e. The Morgan fingerprint density at radius 1 is 1.56 bits per heavy atom. The molecule has 1 saturated heterocycles. The van der Waals surface area contributed by atoms with Gasteiger partial charge < -0.3 is 14.7 Å². The van der Waals surface area contributed by atoms with E-state index in [-0.39, 0.29) is 18.6 Å². The summed E-state index contributed by atoms with van der Waals surface area (Å²) in [6, 6.07) is 7.77. The van der Waals surface area contributed by atoms with Crippen molar-refractivity contribution in [3.8, 4) is 5.75 Å². The van der Waals surface area contributed by atoms with Crippen LogP contribution in [0, 0.1) is 0 Å². The Kier molecular flexibility index (Phi) is 4.20. The summed E-state index contributed by atoms with van der Waals surface area (Å²) in [5.41, 5.74) is 1.19. The van der Waals surface area contributed by atoms with Crippen LogP contribution in [0.25, 0.3) is 0 Å². The first-order valence-electron chi connectivity index (χ1n) is 6.36. The van der Waals surface area contributed by atoms with Gasteiger partial charge in [-0.25, -0.2) is 0 Å². The van der Waals surface area contributed by atoms with E-state index < -0.39 is 0 Å². The Morgan fingerprint density at radius 2 is 2.39 bits per heavy atom. The Bertz CT molecular complexity index is 419. The number of β-amino-alcohol motifs (C(OH)–C–C–N with tert-alkyl or cyclic N) is 1. The molecule has 0 aliphatic carbocycles. The van der Waals surface area contributed by atoms with Gasteiger partial charge in [0.2, 0.25) is 0 Å². The van der Waals surface area contributed by atoms with Gasteiger partial charge in [-0.15, -0.1) is 0 Å². The summed E-state index contributed by atoms with van der Waals surface area (Å²) in [6.07, 6.45) is 1.23. The number of likely N-dealkylation sites (tertiary alicyclic amines) is 1. The Hall–Kier alpha value is -1.55. The van der Waals surface area contributed by atoms with E-state index in [1.807, 2.05) is 24.3 Å². The molecule has 1 aliphatic heterocycles. The number of carbonyl (C=O) groups excluding carboxylic acids is 1. The molecule has 1 aliphatic rings. The summed E-state index contributed by atoms with van der Waals surface area (Å²) in [4.78, 5) is 13.5. The topological polar surface area (TPSA) is 49.8 Å². The van der Waals surface area contributed by atoms with Crippen molar-refractivity contribution in [1.82, 2.24) is 4.90 Å². The predicted octanol–water partition coefficient (Wildman–Crippen LogP) is 1.22. The second-order valence-corrected chi connectivity index (χ2v) is 4.57. The van der Waals surface area contributed by atoms with Gasteiger partial charge in [-0.1, -0.05) is 19.1 Å². The third-order valence-corrected chi connectivity index (χ3v) is 3.19. The molecule has 0 bridgehead atoms. The van der Waals surface area contributed by atoms with Crippen molar-refractivity contribution in [2.45, 2.75) is 25.9 Å². The molecule has 4 nitrogen and oxygen atoms in total. The predicted molar refractivity (Wildman–Crippen MR) is 68.5 cm³/mol. The molecule has 18 heavy (non-hydrogen) atoms. The molecule has 0 saturated carbocycles. The van der Waals surface area contributed by atoms with E-state index in [2.05, 4.69) is 6.92 Å². The van der Waals surface area contributed by atoms with Gasteiger partial charge in [-0.3, -0.25) is 4.79 Å². The molecular weight excluding hydrogens is 230 g/mol. The van der Waals surface area contributed by atoms with E-state index >= 15 is 0 Å². The lowest BCUT2D eigenvalue weighted by Gasteiger charge is -2.16. The van der Waals surface area contributed by atoms with Crippen LogP contribution >= 0.6 is 0 Å². The minimum absolute atomic E-state index is 0.0416. The van der Waals surface area contributed by atoms with Crippen LogP contribution in [-0.4, -0.2) is 41.7 Å². The molecular formula is C14H19NO3. The minimum atomic E-state index is -0.377.